The molecule has 0 spiro atoms. The number of allylic oxidation sites excluding steroid dienone is 4. The van der Waals surface area contributed by atoms with Gasteiger partial charge in [-0.25, -0.2) is 4.79 Å². The Balaban J connectivity index is 2.49. The van der Waals surface area contributed by atoms with Crippen LogP contribution in [0, 0.1) is 5.41 Å². The number of rotatable bonds is 5. The van der Waals surface area contributed by atoms with Gasteiger partial charge >= 0.3 is 5.97 Å². The highest BCUT2D eigenvalue weighted by Crippen LogP contribution is 2.37. The molecule has 2 rings (SSSR count). The number of hydrogen-bond donors (Lipinski definition) is 1. The quantitative estimate of drug-likeness (QED) is 0.640. The number of fused-ring (bicyclic) bond motifs is 1. The molecule has 1 aromatic carbocycles. The van der Waals surface area contributed by atoms with Gasteiger partial charge in [0.2, 0.25) is 0 Å². The maximum absolute atomic E-state index is 10.9. The molecule has 0 fully saturated rings. The van der Waals surface area contributed by atoms with Crippen LogP contribution in [0.25, 0.3) is 5.57 Å². The van der Waals surface area contributed by atoms with Crippen LogP contribution in [0.4, 0.5) is 0 Å². The average molecular weight is 328 g/mol. The zero-order valence-corrected chi connectivity index (χ0v) is 14.6. The van der Waals surface area contributed by atoms with Gasteiger partial charge < -0.3 is 14.6 Å². The summed E-state index contributed by atoms with van der Waals surface area (Å²) in [5, 5.41) is 8.94. The lowest BCUT2D eigenvalue weighted by atomic mass is 9.90. The number of aliphatic carboxylic acids is 1. The summed E-state index contributed by atoms with van der Waals surface area (Å²) in [4.78, 5) is 10.9. The largest absolute Gasteiger partial charge is 0.497 e. The second-order valence-corrected chi connectivity index (χ2v) is 6.48. The normalized spacial score (nSPS) is 16.8. The van der Waals surface area contributed by atoms with Crippen molar-refractivity contribution in [2.24, 2.45) is 5.41 Å². The van der Waals surface area contributed by atoms with Crippen LogP contribution in [0.15, 0.2) is 48.1 Å². The highest BCUT2D eigenvalue weighted by Gasteiger charge is 2.23. The lowest BCUT2D eigenvalue weighted by molar-refractivity contribution is -0.131. The predicted molar refractivity (Wildman–Crippen MR) is 95.4 cm³/mol. The molecule has 0 aliphatic carbocycles. The first-order chi connectivity index (χ1) is 11.3. The monoisotopic (exact) mass is 328 g/mol. The summed E-state index contributed by atoms with van der Waals surface area (Å²) in [6, 6.07) is 5.73. The molecule has 0 aromatic heterocycles. The molecule has 24 heavy (non-hydrogen) atoms. The Hall–Kier alpha value is -2.49. The van der Waals surface area contributed by atoms with Crippen molar-refractivity contribution in [1.29, 1.82) is 0 Å². The molecule has 0 saturated heterocycles. The summed E-state index contributed by atoms with van der Waals surface area (Å²) in [7, 11) is 1.63. The summed E-state index contributed by atoms with van der Waals surface area (Å²) in [5.41, 5.74) is 2.57. The van der Waals surface area contributed by atoms with Gasteiger partial charge in [-0.05, 0) is 35.8 Å². The van der Waals surface area contributed by atoms with Crippen molar-refractivity contribution in [3.63, 3.8) is 0 Å². The van der Waals surface area contributed by atoms with Gasteiger partial charge in [0, 0.05) is 17.1 Å². The summed E-state index contributed by atoms with van der Waals surface area (Å²) in [6.07, 6.45) is 7.85. The molecule has 0 radical (unpaired) electrons. The van der Waals surface area contributed by atoms with E-state index in [2.05, 4.69) is 19.9 Å². The van der Waals surface area contributed by atoms with E-state index < -0.39 is 5.97 Å². The number of ether oxygens (including phenoxy) is 2. The number of carboxylic acid groups (broad SMARTS) is 1. The third kappa shape index (κ3) is 4.51. The van der Waals surface area contributed by atoms with E-state index in [0.717, 1.165) is 28.2 Å². The zero-order valence-electron chi connectivity index (χ0n) is 14.6. The van der Waals surface area contributed by atoms with Gasteiger partial charge in [0.1, 0.15) is 11.5 Å². The topological polar surface area (TPSA) is 55.8 Å². The van der Waals surface area contributed by atoms with Crippen LogP contribution in [-0.2, 0) is 4.79 Å². The Bertz CT molecular complexity index is 708. The maximum Gasteiger partial charge on any atom is 0.328 e. The van der Waals surface area contributed by atoms with Crippen LogP contribution >= 0.6 is 0 Å². The minimum absolute atomic E-state index is 0.130. The summed E-state index contributed by atoms with van der Waals surface area (Å²) < 4.78 is 11.3. The fourth-order valence-electron chi connectivity index (χ4n) is 2.55. The van der Waals surface area contributed by atoms with Crippen LogP contribution < -0.4 is 9.47 Å². The zero-order chi connectivity index (χ0) is 17.7. The first-order valence-electron chi connectivity index (χ1n) is 8.00. The molecule has 0 unspecified atom stereocenters. The first-order valence-corrected chi connectivity index (χ1v) is 8.00. The molecular weight excluding hydrogens is 304 g/mol. The second kappa shape index (κ2) is 7.39. The van der Waals surface area contributed by atoms with Crippen LogP contribution in [0.2, 0.25) is 0 Å². The van der Waals surface area contributed by atoms with Crippen LogP contribution in [0.5, 0.6) is 11.5 Å². The van der Waals surface area contributed by atoms with Gasteiger partial charge in [0.15, 0.2) is 0 Å². The Labute approximate surface area is 143 Å². The van der Waals surface area contributed by atoms with E-state index >= 15 is 0 Å². The maximum atomic E-state index is 10.9. The Morgan fingerprint density at radius 2 is 2.17 bits per heavy atom. The third-order valence-electron chi connectivity index (χ3n) is 3.84. The van der Waals surface area contributed by atoms with Crippen LogP contribution in [0.1, 0.15) is 32.8 Å². The Kier molecular flexibility index (Phi) is 5.50. The minimum atomic E-state index is -0.933. The SMILES string of the molecule is CCC(/C=C/C1=CC(C)(C)COc2ccc(OC)cc21)=C\C(=O)O. The summed E-state index contributed by atoms with van der Waals surface area (Å²) >= 11 is 0. The molecule has 4 nitrogen and oxygen atoms in total. The molecule has 0 atom stereocenters. The van der Waals surface area contributed by atoms with E-state index in [1.165, 1.54) is 6.08 Å². The van der Waals surface area contributed by atoms with E-state index in [1.807, 2.05) is 37.3 Å². The molecule has 1 N–H and O–H groups in total. The lowest BCUT2D eigenvalue weighted by Crippen LogP contribution is -2.17. The number of benzene rings is 1. The number of hydrogen-bond acceptors (Lipinski definition) is 3. The third-order valence-corrected chi connectivity index (χ3v) is 3.84. The fraction of sp³-hybridized carbons (Fsp3) is 0.350. The van der Waals surface area contributed by atoms with Crippen molar-refractivity contribution < 1.29 is 19.4 Å². The summed E-state index contributed by atoms with van der Waals surface area (Å²) in [5.74, 6) is 0.628. The van der Waals surface area contributed by atoms with Crippen molar-refractivity contribution in [3.05, 3.63) is 53.6 Å². The van der Waals surface area contributed by atoms with Crippen LogP contribution in [-0.4, -0.2) is 24.8 Å². The molecule has 1 heterocycles. The van der Waals surface area contributed by atoms with Gasteiger partial charge in [-0.3, -0.25) is 0 Å². The highest BCUT2D eigenvalue weighted by molar-refractivity contribution is 5.83. The average Bonchev–Trinajstić information content (AvgIpc) is 2.67. The molecule has 4 heteroatoms. The molecule has 128 valence electrons. The number of carbonyl (C=O) groups is 1. The standard InChI is InChI=1S/C20H24O4/c1-5-14(10-19(21)22)6-7-15-12-20(2,3)13-24-18-9-8-16(23-4)11-17(15)18/h6-12H,5,13H2,1-4H3,(H,21,22)/b7-6+,14-10+. The van der Waals surface area contributed by atoms with Crippen molar-refractivity contribution >= 4 is 11.5 Å². The molecule has 0 amide bonds. The fourth-order valence-corrected chi connectivity index (χ4v) is 2.55. The van der Waals surface area contributed by atoms with Crippen molar-refractivity contribution in [2.75, 3.05) is 13.7 Å². The van der Waals surface area contributed by atoms with E-state index in [9.17, 15) is 4.79 Å². The second-order valence-electron chi connectivity index (χ2n) is 6.48. The highest BCUT2D eigenvalue weighted by atomic mass is 16.5. The first kappa shape index (κ1) is 17.9. The minimum Gasteiger partial charge on any atom is -0.497 e. The van der Waals surface area contributed by atoms with Gasteiger partial charge in [0.05, 0.1) is 13.7 Å². The van der Waals surface area contributed by atoms with E-state index in [4.69, 9.17) is 14.6 Å². The van der Waals surface area contributed by atoms with Gasteiger partial charge in [0.25, 0.3) is 0 Å². The van der Waals surface area contributed by atoms with Crippen molar-refractivity contribution in [2.45, 2.75) is 27.2 Å². The number of carboxylic acids is 1. The van der Waals surface area contributed by atoms with Crippen molar-refractivity contribution in [1.82, 2.24) is 0 Å². The van der Waals surface area contributed by atoms with Gasteiger partial charge in [-0.2, -0.15) is 0 Å². The van der Waals surface area contributed by atoms with E-state index in [0.29, 0.717) is 13.0 Å². The van der Waals surface area contributed by atoms with E-state index in [1.54, 1.807) is 7.11 Å². The lowest BCUT2D eigenvalue weighted by Gasteiger charge is -2.18. The molecule has 0 saturated carbocycles. The molecule has 1 aliphatic heterocycles. The van der Waals surface area contributed by atoms with E-state index in [-0.39, 0.29) is 5.41 Å². The van der Waals surface area contributed by atoms with Gasteiger partial charge in [-0.1, -0.05) is 39.0 Å². The molecule has 1 aliphatic rings. The smallest absolute Gasteiger partial charge is 0.328 e. The Morgan fingerprint density at radius 1 is 1.42 bits per heavy atom. The number of methoxy groups -OCH3 is 1. The Morgan fingerprint density at radius 3 is 2.79 bits per heavy atom. The van der Waals surface area contributed by atoms with Crippen molar-refractivity contribution in [3.8, 4) is 11.5 Å². The van der Waals surface area contributed by atoms with Crippen LogP contribution in [0.3, 0.4) is 0 Å². The predicted octanol–water partition coefficient (Wildman–Crippen LogP) is 4.47. The molecule has 1 aromatic rings. The van der Waals surface area contributed by atoms with Gasteiger partial charge in [-0.15, -0.1) is 0 Å². The summed E-state index contributed by atoms with van der Waals surface area (Å²) in [6.45, 7) is 6.73. The molecular formula is C20H24O4. The molecule has 0 bridgehead atoms.